The van der Waals surface area contributed by atoms with Crippen LogP contribution in [0, 0.1) is 0 Å². The van der Waals surface area contributed by atoms with Gasteiger partial charge in [-0.1, -0.05) is 42.5 Å². The van der Waals surface area contributed by atoms with E-state index < -0.39 is 7.60 Å². The third-order valence-electron chi connectivity index (χ3n) is 5.18. The number of nitrogens with one attached hydrogen (secondary N) is 1. The van der Waals surface area contributed by atoms with Gasteiger partial charge in [-0.3, -0.25) is 0 Å². The number of carbonyl (C=O) groups is 1. The Kier molecular flexibility index (Phi) is 7.93. The van der Waals surface area contributed by atoms with E-state index in [2.05, 4.69) is 5.32 Å². The molecule has 0 aliphatic carbocycles. The number of benzene rings is 4. The average Bonchev–Trinajstić information content (AvgIpc) is 2.89. The van der Waals surface area contributed by atoms with Gasteiger partial charge in [-0.05, 0) is 73.2 Å². The van der Waals surface area contributed by atoms with Crippen molar-refractivity contribution < 1.29 is 28.3 Å². The number of anilines is 1. The monoisotopic (exact) mass is 503 g/mol. The summed E-state index contributed by atoms with van der Waals surface area (Å²) in [6, 6.07) is 28.9. The molecule has 0 fully saturated rings. The SMILES string of the molecule is CCOC(=O)c1ccc(NCc2ccc(O)cc2P(=O)(Oc2ccccc2)Oc2ccccc2)cc1. The maximum Gasteiger partial charge on any atom is 0.463 e. The fraction of sp³-hybridized carbons (Fsp3) is 0.107. The largest absolute Gasteiger partial charge is 0.508 e. The Labute approximate surface area is 209 Å². The van der Waals surface area contributed by atoms with Gasteiger partial charge in [0.2, 0.25) is 0 Å². The molecule has 2 N–H and O–H groups in total. The molecule has 0 radical (unpaired) electrons. The van der Waals surface area contributed by atoms with Crippen LogP contribution in [0.5, 0.6) is 17.2 Å². The van der Waals surface area contributed by atoms with Crippen LogP contribution in [0.25, 0.3) is 0 Å². The molecule has 7 nitrogen and oxygen atoms in total. The Hall–Kier alpha value is -4.22. The number of carbonyl (C=O) groups excluding carboxylic acids is 1. The van der Waals surface area contributed by atoms with Crippen LogP contribution >= 0.6 is 7.60 Å². The molecule has 0 aliphatic rings. The molecule has 4 rings (SSSR count). The van der Waals surface area contributed by atoms with E-state index in [0.717, 1.165) is 5.69 Å². The molecule has 4 aromatic carbocycles. The maximum atomic E-state index is 14.3. The smallest absolute Gasteiger partial charge is 0.463 e. The van der Waals surface area contributed by atoms with Crippen LogP contribution in [0.1, 0.15) is 22.8 Å². The number of para-hydroxylation sites is 2. The van der Waals surface area contributed by atoms with Crippen LogP contribution in [0.3, 0.4) is 0 Å². The fourth-order valence-electron chi connectivity index (χ4n) is 3.45. The quantitative estimate of drug-likeness (QED) is 0.198. The molecule has 0 amide bonds. The van der Waals surface area contributed by atoms with Gasteiger partial charge in [0.1, 0.15) is 17.2 Å². The summed E-state index contributed by atoms with van der Waals surface area (Å²) in [5, 5.41) is 13.7. The lowest BCUT2D eigenvalue weighted by Crippen LogP contribution is -2.20. The van der Waals surface area contributed by atoms with Crippen LogP contribution in [-0.2, 0) is 15.8 Å². The molecule has 0 aromatic heterocycles. The van der Waals surface area contributed by atoms with Gasteiger partial charge in [-0.25, -0.2) is 9.36 Å². The van der Waals surface area contributed by atoms with Crippen molar-refractivity contribution >= 4 is 24.6 Å². The molecule has 0 saturated heterocycles. The minimum atomic E-state index is -3.99. The average molecular weight is 503 g/mol. The normalized spacial score (nSPS) is 10.9. The molecule has 0 heterocycles. The van der Waals surface area contributed by atoms with E-state index in [1.54, 1.807) is 85.8 Å². The Bertz CT molecular complexity index is 1300. The lowest BCUT2D eigenvalue weighted by atomic mass is 10.2. The zero-order valence-electron chi connectivity index (χ0n) is 19.7. The predicted octanol–water partition coefficient (Wildman–Crippen LogP) is 6.16. The Morgan fingerprint density at radius 1 is 0.833 bits per heavy atom. The summed E-state index contributed by atoms with van der Waals surface area (Å²) in [4.78, 5) is 11.9. The minimum Gasteiger partial charge on any atom is -0.508 e. The molecule has 8 heteroatoms. The second kappa shape index (κ2) is 11.5. The highest BCUT2D eigenvalue weighted by Crippen LogP contribution is 2.49. The van der Waals surface area contributed by atoms with Crippen LogP contribution in [0.15, 0.2) is 103 Å². The number of phenolic OH excluding ortho intramolecular Hbond substituents is 1. The third-order valence-corrected chi connectivity index (χ3v) is 7.09. The van der Waals surface area contributed by atoms with Crippen molar-refractivity contribution in [1.29, 1.82) is 0 Å². The van der Waals surface area contributed by atoms with Gasteiger partial charge >= 0.3 is 13.6 Å². The number of aromatic hydroxyl groups is 1. The summed E-state index contributed by atoms with van der Waals surface area (Å²) in [5.74, 6) is 0.283. The van der Waals surface area contributed by atoms with E-state index in [1.807, 2.05) is 12.1 Å². The lowest BCUT2D eigenvalue weighted by molar-refractivity contribution is 0.0526. The lowest BCUT2D eigenvalue weighted by Gasteiger charge is -2.23. The number of ether oxygens (including phenoxy) is 1. The fourth-order valence-corrected chi connectivity index (χ4v) is 5.28. The standard InChI is InChI=1S/C28H26NO6P/c1-2-33-28(31)21-13-16-23(17-14-21)29-20-22-15-18-24(30)19-27(22)36(32,34-25-9-5-3-6-10-25)35-26-11-7-4-8-12-26/h3-19,29-30H,2,20H2,1H3. The minimum absolute atomic E-state index is 0.0684. The van der Waals surface area contributed by atoms with Gasteiger partial charge in [-0.2, -0.15) is 0 Å². The summed E-state index contributed by atoms with van der Waals surface area (Å²) in [5.41, 5.74) is 1.80. The molecule has 0 saturated carbocycles. The number of rotatable bonds is 10. The van der Waals surface area contributed by atoms with E-state index in [0.29, 0.717) is 29.2 Å². The van der Waals surface area contributed by atoms with Crippen LogP contribution in [0.2, 0.25) is 0 Å². The highest BCUT2D eigenvalue weighted by Gasteiger charge is 2.34. The summed E-state index contributed by atoms with van der Waals surface area (Å²) >= 11 is 0. The zero-order chi connectivity index (χ0) is 25.4. The molecular weight excluding hydrogens is 477 g/mol. The molecule has 0 unspecified atom stereocenters. The molecular formula is C28H26NO6P. The number of phenols is 1. The van der Waals surface area contributed by atoms with Crippen molar-refractivity contribution in [2.45, 2.75) is 13.5 Å². The summed E-state index contributed by atoms with van der Waals surface area (Å²) in [7, 11) is -3.99. The predicted molar refractivity (Wildman–Crippen MR) is 139 cm³/mol. The van der Waals surface area contributed by atoms with Crippen LogP contribution in [0.4, 0.5) is 5.69 Å². The molecule has 184 valence electrons. The van der Waals surface area contributed by atoms with Crippen LogP contribution < -0.4 is 19.7 Å². The molecule has 0 spiro atoms. The highest BCUT2D eigenvalue weighted by atomic mass is 31.2. The summed E-state index contributed by atoms with van der Waals surface area (Å²) in [6.07, 6.45) is 0. The first kappa shape index (κ1) is 24.9. The van der Waals surface area contributed by atoms with Crippen molar-refractivity contribution in [3.8, 4) is 17.2 Å². The van der Waals surface area contributed by atoms with E-state index in [9.17, 15) is 14.5 Å². The third kappa shape index (κ3) is 6.26. The molecule has 0 aliphatic heterocycles. The van der Waals surface area contributed by atoms with Gasteiger partial charge in [0.15, 0.2) is 0 Å². The first-order chi connectivity index (χ1) is 17.5. The molecule has 36 heavy (non-hydrogen) atoms. The first-order valence-corrected chi connectivity index (χ1v) is 12.9. The van der Waals surface area contributed by atoms with Gasteiger partial charge in [0.05, 0.1) is 17.5 Å². The molecule has 0 atom stereocenters. The Morgan fingerprint density at radius 3 is 1.97 bits per heavy atom. The van der Waals surface area contributed by atoms with Gasteiger partial charge in [-0.15, -0.1) is 0 Å². The number of hydrogen-bond donors (Lipinski definition) is 2. The topological polar surface area (TPSA) is 94.1 Å². The number of esters is 1. The van der Waals surface area contributed by atoms with Crippen molar-refractivity contribution in [1.82, 2.24) is 0 Å². The number of hydrogen-bond acceptors (Lipinski definition) is 7. The summed E-state index contributed by atoms with van der Waals surface area (Å²) < 4.78 is 31.2. The molecule has 0 bridgehead atoms. The van der Waals surface area contributed by atoms with Crippen molar-refractivity contribution in [3.63, 3.8) is 0 Å². The zero-order valence-corrected chi connectivity index (χ0v) is 20.6. The van der Waals surface area contributed by atoms with Crippen LogP contribution in [-0.4, -0.2) is 17.7 Å². The van der Waals surface area contributed by atoms with Crippen molar-refractivity contribution in [3.05, 3.63) is 114 Å². The first-order valence-electron chi connectivity index (χ1n) is 11.4. The summed E-state index contributed by atoms with van der Waals surface area (Å²) in [6.45, 7) is 2.32. The maximum absolute atomic E-state index is 14.3. The van der Waals surface area contributed by atoms with E-state index >= 15 is 0 Å². The second-order valence-electron chi connectivity index (χ2n) is 7.77. The molecule has 4 aromatic rings. The van der Waals surface area contributed by atoms with Crippen molar-refractivity contribution in [2.75, 3.05) is 11.9 Å². The highest BCUT2D eigenvalue weighted by molar-refractivity contribution is 7.63. The van der Waals surface area contributed by atoms with E-state index in [1.165, 1.54) is 12.1 Å². The van der Waals surface area contributed by atoms with Gasteiger partial charge in [0, 0.05) is 12.2 Å². The van der Waals surface area contributed by atoms with E-state index in [4.69, 9.17) is 13.8 Å². The second-order valence-corrected chi connectivity index (χ2v) is 9.61. The Balaban J connectivity index is 1.63. The van der Waals surface area contributed by atoms with Crippen molar-refractivity contribution in [2.24, 2.45) is 0 Å². The van der Waals surface area contributed by atoms with Gasteiger partial charge in [0.25, 0.3) is 0 Å². The Morgan fingerprint density at radius 2 is 1.42 bits per heavy atom. The van der Waals surface area contributed by atoms with E-state index in [-0.39, 0.29) is 23.6 Å². The van der Waals surface area contributed by atoms with Gasteiger partial charge < -0.3 is 24.2 Å².